The molecule has 1 aromatic heterocycles. The second-order valence-electron chi connectivity index (χ2n) is 5.53. The van der Waals surface area contributed by atoms with Crippen LogP contribution in [0.5, 0.6) is 5.75 Å². The molecule has 26 heavy (non-hydrogen) atoms. The molecular formula is C21H19N2O2S+. The molecule has 130 valence electrons. The molecule has 0 aliphatic heterocycles. The normalized spacial score (nSPS) is 11.4. The lowest BCUT2D eigenvalue weighted by Gasteiger charge is -2.10. The highest BCUT2D eigenvalue weighted by molar-refractivity contribution is 7.81. The van der Waals surface area contributed by atoms with Crippen molar-refractivity contribution in [1.82, 2.24) is 0 Å². The Hall–Kier alpha value is -3.18. The number of rotatable bonds is 5. The number of hydrogen-bond acceptors (Lipinski definition) is 3. The number of aromatic nitrogens is 1. The summed E-state index contributed by atoms with van der Waals surface area (Å²) in [6.07, 6.45) is 3.68. The van der Waals surface area contributed by atoms with E-state index in [0.717, 1.165) is 11.4 Å². The first-order valence-corrected chi connectivity index (χ1v) is 8.50. The van der Waals surface area contributed by atoms with Crippen LogP contribution in [-0.2, 0) is 0 Å². The highest BCUT2D eigenvalue weighted by Crippen LogP contribution is 2.21. The first-order chi connectivity index (χ1) is 12.7. The fraction of sp³-hybridized carbons (Fsp3) is 0.0476. The number of benzene rings is 2. The Morgan fingerprint density at radius 1 is 0.923 bits per heavy atom. The quantitative estimate of drug-likeness (QED) is 0.307. The van der Waals surface area contributed by atoms with Crippen LogP contribution in [-0.4, -0.2) is 17.2 Å². The lowest BCUT2D eigenvalue weighted by atomic mass is 10.1. The summed E-state index contributed by atoms with van der Waals surface area (Å²) in [5.74, 6) is 0.803. The van der Waals surface area contributed by atoms with Crippen molar-refractivity contribution in [3.05, 3.63) is 90.8 Å². The van der Waals surface area contributed by atoms with E-state index in [1.807, 2.05) is 60.9 Å². The molecule has 0 unspecified atom stereocenters. The lowest BCUT2D eigenvalue weighted by molar-refractivity contribution is -0.575. The Balaban J connectivity index is 2.03. The van der Waals surface area contributed by atoms with E-state index in [-0.39, 0.29) is 5.76 Å². The van der Waals surface area contributed by atoms with Gasteiger partial charge in [0, 0.05) is 23.4 Å². The van der Waals surface area contributed by atoms with Gasteiger partial charge in [-0.2, -0.15) is 4.57 Å². The van der Waals surface area contributed by atoms with Gasteiger partial charge in [-0.05, 0) is 36.4 Å². The number of nitrogens with zero attached hydrogens (tertiary/aromatic N) is 1. The Morgan fingerprint density at radius 2 is 1.54 bits per heavy atom. The van der Waals surface area contributed by atoms with E-state index in [9.17, 15) is 5.11 Å². The van der Waals surface area contributed by atoms with Gasteiger partial charge in [0.1, 0.15) is 5.75 Å². The summed E-state index contributed by atoms with van der Waals surface area (Å²) in [5.41, 5.74) is 2.00. The van der Waals surface area contributed by atoms with E-state index >= 15 is 0 Å². The van der Waals surface area contributed by atoms with Crippen LogP contribution in [0.1, 0.15) is 5.56 Å². The zero-order valence-electron chi connectivity index (χ0n) is 14.3. The van der Waals surface area contributed by atoms with Crippen LogP contribution >= 0.6 is 12.2 Å². The average Bonchev–Trinajstić information content (AvgIpc) is 2.70. The largest absolute Gasteiger partial charge is 0.502 e. The summed E-state index contributed by atoms with van der Waals surface area (Å²) in [5, 5.41) is 14.1. The third kappa shape index (κ3) is 4.07. The number of methoxy groups -OCH3 is 1. The van der Waals surface area contributed by atoms with Crippen molar-refractivity contribution in [3.63, 3.8) is 0 Å². The zero-order chi connectivity index (χ0) is 18.4. The van der Waals surface area contributed by atoms with Crippen LogP contribution in [0.25, 0.3) is 11.5 Å². The maximum absolute atomic E-state index is 10.9. The maximum Gasteiger partial charge on any atom is 0.288 e. The highest BCUT2D eigenvalue weighted by Gasteiger charge is 2.23. The summed E-state index contributed by atoms with van der Waals surface area (Å²) in [6, 6.07) is 22.5. The molecule has 1 heterocycles. The molecule has 4 nitrogen and oxygen atoms in total. The molecule has 0 aliphatic rings. The van der Waals surface area contributed by atoms with E-state index in [0.29, 0.717) is 16.2 Å². The predicted octanol–water partition coefficient (Wildman–Crippen LogP) is 4.31. The SMILES string of the molecule is COc1ccc(C(O)=C(C(=S)Nc2ccccc2)[n+]2ccccc2)cc1. The third-order valence-electron chi connectivity index (χ3n) is 3.81. The van der Waals surface area contributed by atoms with Gasteiger partial charge in [0.2, 0.25) is 0 Å². The Morgan fingerprint density at radius 3 is 2.15 bits per heavy atom. The van der Waals surface area contributed by atoms with Crippen LogP contribution in [0.3, 0.4) is 0 Å². The molecule has 3 rings (SSSR count). The summed E-state index contributed by atoms with van der Waals surface area (Å²) < 4.78 is 6.97. The number of hydrogen-bond donors (Lipinski definition) is 2. The molecule has 0 spiro atoms. The first kappa shape index (κ1) is 17.6. The van der Waals surface area contributed by atoms with Crippen molar-refractivity contribution in [1.29, 1.82) is 0 Å². The van der Waals surface area contributed by atoms with Crippen molar-refractivity contribution >= 4 is 34.3 Å². The maximum atomic E-state index is 10.9. The fourth-order valence-corrected chi connectivity index (χ4v) is 2.81. The molecule has 0 radical (unpaired) electrons. The second-order valence-corrected chi connectivity index (χ2v) is 5.94. The van der Waals surface area contributed by atoms with Crippen molar-refractivity contribution < 1.29 is 14.4 Å². The molecule has 0 amide bonds. The molecule has 0 saturated carbocycles. The fourth-order valence-electron chi connectivity index (χ4n) is 2.49. The number of para-hydroxylation sites is 1. The number of aliphatic hydroxyl groups excluding tert-OH is 1. The van der Waals surface area contributed by atoms with Crippen molar-refractivity contribution in [2.75, 3.05) is 12.4 Å². The van der Waals surface area contributed by atoms with Gasteiger partial charge in [-0.1, -0.05) is 36.5 Å². The minimum atomic E-state index is 0.0808. The van der Waals surface area contributed by atoms with Gasteiger partial charge in [0.15, 0.2) is 23.1 Å². The van der Waals surface area contributed by atoms with Gasteiger partial charge >= 0.3 is 0 Å². The van der Waals surface area contributed by atoms with Crippen LogP contribution in [0, 0.1) is 0 Å². The number of aliphatic hydroxyl groups is 1. The molecule has 0 saturated heterocycles. The second kappa shape index (κ2) is 8.27. The van der Waals surface area contributed by atoms with Crippen molar-refractivity contribution in [3.8, 4) is 5.75 Å². The Bertz CT molecular complexity index is 908. The van der Waals surface area contributed by atoms with E-state index < -0.39 is 0 Å². The first-order valence-electron chi connectivity index (χ1n) is 8.10. The summed E-state index contributed by atoms with van der Waals surface area (Å²) in [6.45, 7) is 0. The molecule has 3 aromatic rings. The molecule has 0 atom stereocenters. The Labute approximate surface area is 158 Å². The predicted molar refractivity (Wildman–Crippen MR) is 108 cm³/mol. The van der Waals surface area contributed by atoms with E-state index in [4.69, 9.17) is 17.0 Å². The zero-order valence-corrected chi connectivity index (χ0v) is 15.1. The number of thiocarbonyl (C=S) groups is 1. The topological polar surface area (TPSA) is 45.4 Å². The van der Waals surface area contributed by atoms with Gasteiger partial charge in [-0.25, -0.2) is 0 Å². The van der Waals surface area contributed by atoms with Crippen LogP contribution in [0.4, 0.5) is 5.69 Å². The summed E-state index contributed by atoms with van der Waals surface area (Å²) in [4.78, 5) is 0.417. The summed E-state index contributed by atoms with van der Waals surface area (Å²) >= 11 is 5.59. The van der Waals surface area contributed by atoms with E-state index in [1.54, 1.807) is 35.9 Å². The molecule has 0 aliphatic carbocycles. The minimum Gasteiger partial charge on any atom is -0.502 e. The highest BCUT2D eigenvalue weighted by atomic mass is 32.1. The monoisotopic (exact) mass is 363 g/mol. The van der Waals surface area contributed by atoms with Gasteiger partial charge in [0.25, 0.3) is 5.70 Å². The van der Waals surface area contributed by atoms with Crippen LogP contribution < -0.4 is 14.6 Å². The van der Waals surface area contributed by atoms with Crippen LogP contribution in [0.2, 0.25) is 0 Å². The van der Waals surface area contributed by atoms with Crippen molar-refractivity contribution in [2.45, 2.75) is 0 Å². The van der Waals surface area contributed by atoms with Gasteiger partial charge in [-0.3, -0.25) is 0 Å². The standard InChI is InChI=1S/C21H18N2O2S/c1-25-18-12-10-16(11-13-18)20(24)19(23-14-6-3-7-15-23)21(26)22-17-8-4-2-5-9-17/h2-15H,1H3,(H-,22,24,26)/p+1. The molecule has 5 heteroatoms. The van der Waals surface area contributed by atoms with E-state index in [1.165, 1.54) is 0 Å². The van der Waals surface area contributed by atoms with Gasteiger partial charge in [0.05, 0.1) is 7.11 Å². The molecular weight excluding hydrogens is 344 g/mol. The number of anilines is 1. The lowest BCUT2D eigenvalue weighted by Crippen LogP contribution is -2.38. The van der Waals surface area contributed by atoms with Crippen LogP contribution in [0.15, 0.2) is 85.2 Å². The average molecular weight is 363 g/mol. The van der Waals surface area contributed by atoms with Crippen molar-refractivity contribution in [2.24, 2.45) is 0 Å². The molecule has 0 fully saturated rings. The molecule has 2 aromatic carbocycles. The van der Waals surface area contributed by atoms with Gasteiger partial charge in [-0.15, -0.1) is 0 Å². The van der Waals surface area contributed by atoms with Gasteiger partial charge < -0.3 is 15.2 Å². The smallest absolute Gasteiger partial charge is 0.288 e. The number of ether oxygens (including phenoxy) is 1. The van der Waals surface area contributed by atoms with E-state index in [2.05, 4.69) is 5.32 Å². The number of pyridine rings is 1. The Kier molecular flexibility index (Phi) is 5.61. The third-order valence-corrected chi connectivity index (χ3v) is 4.10. The molecule has 2 N–H and O–H groups in total. The molecule has 0 bridgehead atoms. The number of nitrogens with one attached hydrogen (secondary N) is 1. The summed E-state index contributed by atoms with van der Waals surface area (Å²) in [7, 11) is 1.61. The minimum absolute atomic E-state index is 0.0808.